The maximum Gasteiger partial charge on any atom is 4.00 e. The molecule has 0 bridgehead atoms. The van der Waals surface area contributed by atoms with Crippen LogP contribution in [0.3, 0.4) is 0 Å². The molecule has 0 unspecified atom stereocenters. The van der Waals surface area contributed by atoms with Gasteiger partial charge in [-0.25, -0.2) is 0 Å². The van der Waals surface area contributed by atoms with Crippen molar-refractivity contribution in [1.82, 2.24) is 0 Å². The van der Waals surface area contributed by atoms with E-state index in [9.17, 15) is 0 Å². The molecule has 0 aromatic heterocycles. The van der Waals surface area contributed by atoms with Crippen LogP contribution in [0.4, 0.5) is 0 Å². The van der Waals surface area contributed by atoms with Crippen LogP contribution in [0.25, 0.3) is 0 Å². The van der Waals surface area contributed by atoms with Gasteiger partial charge in [0, 0.05) is 0 Å². The van der Waals surface area contributed by atoms with E-state index >= 15 is 0 Å². The second-order valence-electron chi connectivity index (χ2n) is 10.2. The van der Waals surface area contributed by atoms with Crippen LogP contribution in [0.5, 0.6) is 0 Å². The molecule has 32 heavy (non-hydrogen) atoms. The predicted molar refractivity (Wildman–Crippen MR) is 136 cm³/mol. The Kier molecular flexibility index (Phi) is 14.4. The Morgan fingerprint density at radius 2 is 0.875 bits per heavy atom. The Labute approximate surface area is 221 Å². The number of ether oxygens (including phenoxy) is 2. The normalized spacial score (nSPS) is 25.6. The number of hydrogen-bond acceptors (Lipinski definition) is 2. The molecule has 0 atom stereocenters. The molecule has 0 amide bonds. The monoisotopic (exact) mass is 542 g/mol. The van der Waals surface area contributed by atoms with Gasteiger partial charge in [-0.1, -0.05) is 39.3 Å². The number of hydrogen-bond donors (Lipinski definition) is 0. The minimum absolute atomic E-state index is 0. The van der Waals surface area contributed by atoms with Gasteiger partial charge in [-0.2, -0.15) is 0 Å². The Bertz CT molecular complexity index is 512. The Balaban J connectivity index is 0.000000379. The largest absolute Gasteiger partial charge is 4.00 e. The van der Waals surface area contributed by atoms with Crippen molar-refractivity contribution in [3.63, 3.8) is 0 Å². The van der Waals surface area contributed by atoms with Crippen LogP contribution in [0.15, 0.2) is 11.1 Å². The molecule has 4 aliphatic rings. The van der Waals surface area contributed by atoms with Crippen molar-refractivity contribution in [2.75, 3.05) is 13.2 Å². The van der Waals surface area contributed by atoms with E-state index in [1.165, 1.54) is 11.1 Å². The standard InChI is InChI=1S/C17H30O2Si2.2C5H5.Zr/c1-20(2,3)13-15-7-9-17(18-11-12-19-17)10-8-16(15)14-21(4,5)6;2*1-2-4-5-3-1;/h7-12H2,1-6H3;2*1-5H;/q-2;;;+4. The van der Waals surface area contributed by atoms with Gasteiger partial charge >= 0.3 is 26.2 Å². The fourth-order valence-corrected chi connectivity index (χ4v) is 6.03. The van der Waals surface area contributed by atoms with Gasteiger partial charge in [0.25, 0.3) is 0 Å². The van der Waals surface area contributed by atoms with Crippen LogP contribution in [-0.4, -0.2) is 35.1 Å². The topological polar surface area (TPSA) is 18.5 Å². The molecule has 4 rings (SSSR count). The molecule has 0 aromatic carbocycles. The van der Waals surface area contributed by atoms with Crippen LogP contribution >= 0.6 is 0 Å². The fraction of sp³-hybridized carbons (Fsp3) is 0.481. The van der Waals surface area contributed by atoms with Crippen molar-refractivity contribution in [1.29, 1.82) is 0 Å². The van der Waals surface area contributed by atoms with Crippen LogP contribution in [0, 0.1) is 75.6 Å². The molecule has 1 aliphatic heterocycles. The van der Waals surface area contributed by atoms with E-state index in [0.717, 1.165) is 38.9 Å². The smallest absolute Gasteiger partial charge is 0.377 e. The summed E-state index contributed by atoms with van der Waals surface area (Å²) in [7, 11) is -2.70. The molecular formula is C27H40O2Si2Zr+2. The van der Waals surface area contributed by atoms with E-state index in [2.05, 4.69) is 50.7 Å². The van der Waals surface area contributed by atoms with E-state index in [-0.39, 0.29) is 32.0 Å². The van der Waals surface area contributed by atoms with E-state index in [1.54, 1.807) is 0 Å². The van der Waals surface area contributed by atoms with Crippen molar-refractivity contribution in [2.24, 2.45) is 0 Å². The van der Waals surface area contributed by atoms with E-state index < -0.39 is 16.1 Å². The molecule has 0 N–H and O–H groups in total. The summed E-state index contributed by atoms with van der Waals surface area (Å²) in [6.07, 6.45) is 24.0. The van der Waals surface area contributed by atoms with E-state index in [1.807, 2.05) is 64.2 Å². The van der Waals surface area contributed by atoms with Crippen molar-refractivity contribution in [2.45, 2.75) is 70.8 Å². The zero-order valence-corrected chi connectivity index (χ0v) is 25.3. The summed E-state index contributed by atoms with van der Waals surface area (Å²) in [5.74, 6) is -0.324. The summed E-state index contributed by atoms with van der Waals surface area (Å²) >= 11 is 0. The second-order valence-corrected chi connectivity index (χ2v) is 19.7. The average Bonchev–Trinajstić information content (AvgIpc) is 3.45. The summed E-state index contributed by atoms with van der Waals surface area (Å²) in [6.45, 7) is 15.6. The van der Waals surface area contributed by atoms with E-state index in [0.29, 0.717) is 0 Å². The average molecular weight is 544 g/mol. The Morgan fingerprint density at radius 3 is 1.12 bits per heavy atom. The third-order valence-corrected chi connectivity index (χ3v) is 6.96. The summed E-state index contributed by atoms with van der Waals surface area (Å²) in [5.41, 5.74) is 10.5. The first kappa shape index (κ1) is 30.7. The summed E-state index contributed by atoms with van der Waals surface area (Å²) in [4.78, 5) is 0. The minimum Gasteiger partial charge on any atom is -0.377 e. The van der Waals surface area contributed by atoms with Gasteiger partial charge in [-0.05, 0) is 93.2 Å². The van der Waals surface area contributed by atoms with Crippen molar-refractivity contribution >= 4 is 16.1 Å². The first-order valence-electron chi connectivity index (χ1n) is 11.5. The molecule has 5 heteroatoms. The SMILES string of the molecule is C[Si](C)(C)[C-]=C1CCC2(CCC1=[C-][Si](C)(C)C)OCCO2.[CH]1[CH][CH][CH][CH]1.[CH]1[CH][CH][CH][CH]1.[Zr+4]. The molecule has 1 saturated heterocycles. The van der Waals surface area contributed by atoms with Crippen LogP contribution < -0.4 is 0 Å². The van der Waals surface area contributed by atoms with Gasteiger partial charge in [0.1, 0.15) is 0 Å². The zero-order valence-electron chi connectivity index (χ0n) is 20.8. The van der Waals surface area contributed by atoms with Crippen LogP contribution in [0.1, 0.15) is 25.7 Å². The molecule has 0 aromatic rings. The van der Waals surface area contributed by atoms with Crippen LogP contribution in [-0.2, 0) is 35.7 Å². The quantitative estimate of drug-likeness (QED) is 0.290. The number of allylic oxidation sites excluding steroid dienone is 2. The maximum absolute atomic E-state index is 5.94. The third kappa shape index (κ3) is 13.0. The van der Waals surface area contributed by atoms with Crippen molar-refractivity contribution in [3.05, 3.63) is 86.8 Å². The maximum atomic E-state index is 5.94. The molecule has 170 valence electrons. The van der Waals surface area contributed by atoms with Gasteiger partial charge in [0.15, 0.2) is 5.79 Å². The molecule has 1 spiro atoms. The first-order chi connectivity index (χ1) is 14.6. The predicted octanol–water partition coefficient (Wildman–Crippen LogP) is 6.56. The second kappa shape index (κ2) is 15.0. The Morgan fingerprint density at radius 1 is 0.594 bits per heavy atom. The van der Waals surface area contributed by atoms with Crippen molar-refractivity contribution < 1.29 is 35.7 Å². The van der Waals surface area contributed by atoms with Gasteiger partial charge < -0.3 is 32.0 Å². The summed E-state index contributed by atoms with van der Waals surface area (Å²) < 4.78 is 11.9. The third-order valence-electron chi connectivity index (χ3n) is 4.85. The summed E-state index contributed by atoms with van der Waals surface area (Å²) in [6, 6.07) is 0. The molecule has 10 radical (unpaired) electrons. The van der Waals surface area contributed by atoms with Gasteiger partial charge in [0.05, 0.1) is 13.2 Å². The molecule has 4 fully saturated rings. The van der Waals surface area contributed by atoms with Crippen LogP contribution in [0.2, 0.25) is 39.3 Å². The Hall–Kier alpha value is 0.717. The molecular weight excluding hydrogens is 504 g/mol. The number of rotatable bonds is 2. The van der Waals surface area contributed by atoms with Gasteiger partial charge in [0.2, 0.25) is 0 Å². The summed E-state index contributed by atoms with van der Waals surface area (Å²) in [5, 5.41) is 0. The van der Waals surface area contributed by atoms with Crippen molar-refractivity contribution in [3.8, 4) is 0 Å². The molecule has 3 saturated carbocycles. The van der Waals surface area contributed by atoms with Gasteiger partial charge in [-0.3, -0.25) is 0 Å². The van der Waals surface area contributed by atoms with Gasteiger partial charge in [-0.15, -0.1) is 12.8 Å². The minimum atomic E-state index is -1.35. The molecule has 1 heterocycles. The van der Waals surface area contributed by atoms with E-state index in [4.69, 9.17) is 9.47 Å². The first-order valence-corrected chi connectivity index (χ1v) is 18.5. The molecule has 3 aliphatic carbocycles. The molecule has 2 nitrogen and oxygen atoms in total. The fourth-order valence-electron chi connectivity index (χ4n) is 3.67. The zero-order chi connectivity index (χ0) is 22.8.